The van der Waals surface area contributed by atoms with E-state index in [1.807, 2.05) is 0 Å². The molecule has 0 bridgehead atoms. The van der Waals surface area contributed by atoms with E-state index < -0.39 is 5.97 Å². The van der Waals surface area contributed by atoms with Gasteiger partial charge in [0, 0.05) is 19.7 Å². The molecule has 1 amide bonds. The summed E-state index contributed by atoms with van der Waals surface area (Å²) in [7, 11) is 1.61. The van der Waals surface area contributed by atoms with Gasteiger partial charge < -0.3 is 14.7 Å². The Morgan fingerprint density at radius 3 is 2.60 bits per heavy atom. The van der Waals surface area contributed by atoms with E-state index in [4.69, 9.17) is 9.84 Å². The zero-order valence-corrected chi connectivity index (χ0v) is 12.5. The lowest BCUT2D eigenvalue weighted by molar-refractivity contribution is 0.0599. The summed E-state index contributed by atoms with van der Waals surface area (Å²) in [6.07, 6.45) is 2.31. The lowest BCUT2D eigenvalue weighted by Crippen LogP contribution is -2.41. The minimum Gasteiger partial charge on any atom is -0.477 e. The number of carbonyl (C=O) groups is 2. The molecule has 0 aliphatic heterocycles. The van der Waals surface area contributed by atoms with Crippen molar-refractivity contribution in [2.45, 2.75) is 25.8 Å². The number of hydrogen-bond donors (Lipinski definition) is 1. The standard InChI is InChI=1S/C14H19NO4S/c1-9(10-3-4-10)15(7-8-19-2)13(16)11-5-6-12(20-11)14(17)18/h5-6,9-10H,3-4,7-8H2,1-2H3,(H,17,18). The molecule has 0 spiro atoms. The number of thiophene rings is 1. The molecule has 1 aromatic rings. The maximum Gasteiger partial charge on any atom is 0.345 e. The van der Waals surface area contributed by atoms with Crippen LogP contribution in [-0.4, -0.2) is 48.2 Å². The van der Waals surface area contributed by atoms with Crippen molar-refractivity contribution in [2.24, 2.45) is 5.92 Å². The van der Waals surface area contributed by atoms with Gasteiger partial charge in [0.25, 0.3) is 5.91 Å². The van der Waals surface area contributed by atoms with Crippen molar-refractivity contribution in [1.29, 1.82) is 0 Å². The first-order valence-electron chi connectivity index (χ1n) is 6.67. The van der Waals surface area contributed by atoms with Crippen molar-refractivity contribution in [3.8, 4) is 0 Å². The third-order valence-electron chi connectivity index (χ3n) is 3.62. The van der Waals surface area contributed by atoms with Gasteiger partial charge in [0.05, 0.1) is 11.5 Å². The van der Waals surface area contributed by atoms with Crippen LogP contribution in [0.4, 0.5) is 0 Å². The van der Waals surface area contributed by atoms with Crippen LogP contribution in [0.1, 0.15) is 39.1 Å². The molecule has 0 saturated heterocycles. The molecule has 1 aliphatic rings. The highest BCUT2D eigenvalue weighted by Gasteiger charge is 2.34. The Morgan fingerprint density at radius 2 is 2.10 bits per heavy atom. The largest absolute Gasteiger partial charge is 0.477 e. The maximum atomic E-state index is 12.5. The average molecular weight is 297 g/mol. The summed E-state index contributed by atoms with van der Waals surface area (Å²) in [4.78, 5) is 25.9. The number of nitrogens with zero attached hydrogens (tertiary/aromatic N) is 1. The molecule has 20 heavy (non-hydrogen) atoms. The molecule has 1 aromatic heterocycles. The number of methoxy groups -OCH3 is 1. The van der Waals surface area contributed by atoms with Crippen LogP contribution >= 0.6 is 11.3 Å². The fourth-order valence-electron chi connectivity index (χ4n) is 2.22. The third kappa shape index (κ3) is 3.37. The first kappa shape index (κ1) is 15.0. The van der Waals surface area contributed by atoms with Gasteiger partial charge in [-0.3, -0.25) is 4.79 Å². The smallest absolute Gasteiger partial charge is 0.345 e. The van der Waals surface area contributed by atoms with Crippen molar-refractivity contribution in [1.82, 2.24) is 4.90 Å². The van der Waals surface area contributed by atoms with Crippen molar-refractivity contribution in [2.75, 3.05) is 20.3 Å². The van der Waals surface area contributed by atoms with Gasteiger partial charge in [0.1, 0.15) is 4.88 Å². The Balaban J connectivity index is 2.13. The van der Waals surface area contributed by atoms with Crippen molar-refractivity contribution >= 4 is 23.2 Å². The highest BCUT2D eigenvalue weighted by molar-refractivity contribution is 7.15. The second-order valence-corrected chi connectivity index (χ2v) is 6.12. The molecule has 5 nitrogen and oxygen atoms in total. The summed E-state index contributed by atoms with van der Waals surface area (Å²) in [6.45, 7) is 3.07. The van der Waals surface area contributed by atoms with Gasteiger partial charge in [0.15, 0.2) is 0 Å². The number of carbonyl (C=O) groups excluding carboxylic acids is 1. The van der Waals surface area contributed by atoms with Crippen molar-refractivity contribution in [3.05, 3.63) is 21.9 Å². The number of aromatic carboxylic acids is 1. The molecule has 1 aliphatic carbocycles. The highest BCUT2D eigenvalue weighted by Crippen LogP contribution is 2.36. The molecule has 1 atom stereocenters. The van der Waals surface area contributed by atoms with E-state index in [0.717, 1.165) is 24.2 Å². The predicted octanol–water partition coefficient (Wildman–Crippen LogP) is 2.33. The molecule has 1 unspecified atom stereocenters. The van der Waals surface area contributed by atoms with Gasteiger partial charge in [-0.25, -0.2) is 4.79 Å². The lowest BCUT2D eigenvalue weighted by atomic mass is 10.1. The minimum absolute atomic E-state index is 0.0982. The Labute approximate surface area is 122 Å². The molecule has 1 N–H and O–H groups in total. The van der Waals surface area contributed by atoms with Gasteiger partial charge in [0.2, 0.25) is 0 Å². The van der Waals surface area contributed by atoms with Crippen molar-refractivity contribution in [3.63, 3.8) is 0 Å². The Morgan fingerprint density at radius 1 is 1.45 bits per heavy atom. The Hall–Kier alpha value is -1.40. The van der Waals surface area contributed by atoms with E-state index in [9.17, 15) is 9.59 Å². The zero-order valence-electron chi connectivity index (χ0n) is 11.7. The monoisotopic (exact) mass is 297 g/mol. The summed E-state index contributed by atoms with van der Waals surface area (Å²) in [5, 5.41) is 8.93. The molecule has 0 radical (unpaired) electrons. The average Bonchev–Trinajstić information content (AvgIpc) is 3.15. The number of hydrogen-bond acceptors (Lipinski definition) is 4. The van der Waals surface area contributed by atoms with E-state index in [2.05, 4.69) is 6.92 Å². The van der Waals surface area contributed by atoms with E-state index in [-0.39, 0.29) is 16.8 Å². The van der Waals surface area contributed by atoms with Crippen molar-refractivity contribution < 1.29 is 19.4 Å². The normalized spacial score (nSPS) is 15.9. The Kier molecular flexibility index (Phi) is 4.77. The zero-order chi connectivity index (χ0) is 14.7. The summed E-state index contributed by atoms with van der Waals surface area (Å²) in [6, 6.07) is 3.25. The minimum atomic E-state index is -0.993. The highest BCUT2D eigenvalue weighted by atomic mass is 32.1. The van der Waals surface area contributed by atoms with Crippen LogP contribution in [0.25, 0.3) is 0 Å². The van der Waals surface area contributed by atoms with Gasteiger partial charge >= 0.3 is 5.97 Å². The molecule has 6 heteroatoms. The van der Waals surface area contributed by atoms with Crippen LogP contribution in [0.15, 0.2) is 12.1 Å². The van der Waals surface area contributed by atoms with Crippen LogP contribution in [0, 0.1) is 5.92 Å². The van der Waals surface area contributed by atoms with E-state index in [1.165, 1.54) is 6.07 Å². The first-order valence-corrected chi connectivity index (χ1v) is 7.49. The fraction of sp³-hybridized carbons (Fsp3) is 0.571. The quantitative estimate of drug-likeness (QED) is 0.839. The summed E-state index contributed by atoms with van der Waals surface area (Å²) in [5.41, 5.74) is 0. The van der Waals surface area contributed by atoms with Crippen LogP contribution in [0.3, 0.4) is 0 Å². The molecule has 2 rings (SSSR count). The van der Waals surface area contributed by atoms with Crippen LogP contribution < -0.4 is 0 Å². The number of ether oxygens (including phenoxy) is 1. The number of carboxylic acid groups (broad SMARTS) is 1. The van der Waals surface area contributed by atoms with E-state index in [0.29, 0.717) is 23.9 Å². The van der Waals surface area contributed by atoms with Gasteiger partial charge in [-0.1, -0.05) is 0 Å². The second-order valence-electron chi connectivity index (χ2n) is 5.04. The van der Waals surface area contributed by atoms with E-state index in [1.54, 1.807) is 18.1 Å². The van der Waals surface area contributed by atoms with Crippen LogP contribution in [0.2, 0.25) is 0 Å². The van der Waals surface area contributed by atoms with E-state index >= 15 is 0 Å². The summed E-state index contributed by atoms with van der Waals surface area (Å²) < 4.78 is 5.07. The molecule has 1 heterocycles. The number of rotatable bonds is 7. The lowest BCUT2D eigenvalue weighted by Gasteiger charge is -2.28. The van der Waals surface area contributed by atoms with Gasteiger partial charge in [-0.2, -0.15) is 0 Å². The number of carboxylic acids is 1. The van der Waals surface area contributed by atoms with Gasteiger partial charge in [-0.05, 0) is 37.8 Å². The fourth-order valence-corrected chi connectivity index (χ4v) is 3.02. The molecular weight excluding hydrogens is 278 g/mol. The molecule has 1 fully saturated rings. The second kappa shape index (κ2) is 6.37. The summed E-state index contributed by atoms with van der Waals surface area (Å²) >= 11 is 1.03. The number of amides is 1. The third-order valence-corrected chi connectivity index (χ3v) is 4.68. The molecule has 0 aromatic carbocycles. The SMILES string of the molecule is COCCN(C(=O)c1ccc(C(=O)O)s1)C(C)C1CC1. The predicted molar refractivity (Wildman–Crippen MR) is 76.4 cm³/mol. The summed E-state index contributed by atoms with van der Waals surface area (Å²) in [5.74, 6) is -0.526. The Bertz CT molecular complexity index is 495. The molecule has 1 saturated carbocycles. The molecule has 110 valence electrons. The van der Waals surface area contributed by atoms with Gasteiger partial charge in [-0.15, -0.1) is 11.3 Å². The van der Waals surface area contributed by atoms with Crippen LogP contribution in [0.5, 0.6) is 0 Å². The molecular formula is C14H19NO4S. The maximum absolute atomic E-state index is 12.5. The topological polar surface area (TPSA) is 66.8 Å². The first-order chi connectivity index (χ1) is 9.54. The van der Waals surface area contributed by atoms with Crippen LogP contribution in [-0.2, 0) is 4.74 Å².